The molecule has 154 valence electrons. The van der Waals surface area contributed by atoms with Gasteiger partial charge in [0.2, 0.25) is 17.7 Å². The number of nitrogens with zero attached hydrogens (tertiary/aromatic N) is 3. The van der Waals surface area contributed by atoms with Crippen LogP contribution in [-0.4, -0.2) is 70.7 Å². The molecule has 0 aromatic carbocycles. The lowest BCUT2D eigenvalue weighted by atomic mass is 10.0. The number of hydrogen-bond acceptors (Lipinski definition) is 6. The highest BCUT2D eigenvalue weighted by atomic mass is 16.2. The molecule has 9 nitrogen and oxygen atoms in total. The zero-order valence-electron chi connectivity index (χ0n) is 17.0. The van der Waals surface area contributed by atoms with Crippen LogP contribution >= 0.6 is 0 Å². The van der Waals surface area contributed by atoms with E-state index in [2.05, 4.69) is 44.6 Å². The average Bonchev–Trinajstić information content (AvgIpc) is 2.65. The Labute approximate surface area is 162 Å². The van der Waals surface area contributed by atoms with Crippen LogP contribution in [0.5, 0.6) is 0 Å². The normalized spacial score (nSPS) is 11.4. The zero-order chi connectivity index (χ0) is 20.9. The minimum Gasteiger partial charge on any atom is -0.358 e. The van der Waals surface area contributed by atoms with Gasteiger partial charge in [0.1, 0.15) is 19.8 Å². The third kappa shape index (κ3) is 23.4. The number of carbonyl (C=O) groups is 3. The van der Waals surface area contributed by atoms with E-state index in [1.807, 2.05) is 12.4 Å². The number of hydrogen-bond donors (Lipinski definition) is 3. The Bertz CT molecular complexity index is 459. The van der Waals surface area contributed by atoms with Gasteiger partial charge in [-0.2, -0.15) is 0 Å². The van der Waals surface area contributed by atoms with Crippen LogP contribution in [0.1, 0.15) is 39.5 Å². The Kier molecular flexibility index (Phi) is 19.5. The second kappa shape index (κ2) is 19.7. The summed E-state index contributed by atoms with van der Waals surface area (Å²) in [6.07, 6.45) is 7.47. The molecular weight excluding hydrogens is 348 g/mol. The molecule has 0 spiro atoms. The lowest BCUT2D eigenvalue weighted by Crippen LogP contribution is -2.20. The second-order valence-electron chi connectivity index (χ2n) is 5.77. The van der Waals surface area contributed by atoms with Gasteiger partial charge in [0.05, 0.1) is 0 Å². The van der Waals surface area contributed by atoms with Gasteiger partial charge in [0.15, 0.2) is 0 Å². The van der Waals surface area contributed by atoms with Crippen molar-refractivity contribution >= 4 is 36.9 Å². The van der Waals surface area contributed by atoms with Crippen molar-refractivity contribution in [1.29, 1.82) is 0 Å². The molecule has 0 radical (unpaired) electrons. The van der Waals surface area contributed by atoms with Gasteiger partial charge in [0.25, 0.3) is 0 Å². The maximum Gasteiger partial charge on any atom is 0.241 e. The van der Waals surface area contributed by atoms with E-state index in [1.54, 1.807) is 14.1 Å². The SMILES string of the molecule is C=NCNC(C)=O.CNC(=O)CN=CCCC(C)CCC=NCC(=O)NC. The van der Waals surface area contributed by atoms with Crippen molar-refractivity contribution in [2.24, 2.45) is 20.9 Å². The van der Waals surface area contributed by atoms with E-state index in [-0.39, 0.29) is 30.8 Å². The number of amides is 3. The first-order valence-corrected chi connectivity index (χ1v) is 8.91. The van der Waals surface area contributed by atoms with Gasteiger partial charge in [-0.3, -0.25) is 29.4 Å². The summed E-state index contributed by atoms with van der Waals surface area (Å²) in [4.78, 5) is 43.3. The highest BCUT2D eigenvalue weighted by Gasteiger charge is 2.00. The average molecular weight is 383 g/mol. The van der Waals surface area contributed by atoms with Crippen LogP contribution in [0, 0.1) is 5.92 Å². The molecule has 0 rings (SSSR count). The quantitative estimate of drug-likeness (QED) is 0.428. The van der Waals surface area contributed by atoms with Crippen LogP contribution in [0.4, 0.5) is 0 Å². The highest BCUT2D eigenvalue weighted by molar-refractivity contribution is 5.79. The number of nitrogens with one attached hydrogen (secondary N) is 3. The van der Waals surface area contributed by atoms with Gasteiger partial charge in [-0.05, 0) is 50.7 Å². The third-order valence-corrected chi connectivity index (χ3v) is 3.30. The van der Waals surface area contributed by atoms with Crippen LogP contribution in [0.15, 0.2) is 15.0 Å². The van der Waals surface area contributed by atoms with E-state index < -0.39 is 0 Å². The smallest absolute Gasteiger partial charge is 0.241 e. The van der Waals surface area contributed by atoms with Crippen LogP contribution in [-0.2, 0) is 14.4 Å². The zero-order valence-corrected chi connectivity index (χ0v) is 17.0. The Morgan fingerprint density at radius 2 is 1.41 bits per heavy atom. The summed E-state index contributed by atoms with van der Waals surface area (Å²) in [5.74, 6) is 0.364. The molecule has 3 N–H and O–H groups in total. The van der Waals surface area contributed by atoms with E-state index in [1.165, 1.54) is 6.92 Å². The molecule has 0 aliphatic heterocycles. The molecule has 0 aliphatic carbocycles. The van der Waals surface area contributed by atoms with Gasteiger partial charge in [0, 0.05) is 21.0 Å². The van der Waals surface area contributed by atoms with E-state index >= 15 is 0 Å². The summed E-state index contributed by atoms with van der Waals surface area (Å²) in [5, 5.41) is 7.47. The number of carbonyl (C=O) groups excluding carboxylic acids is 3. The maximum atomic E-state index is 10.9. The first kappa shape index (κ1) is 26.6. The fourth-order valence-electron chi connectivity index (χ4n) is 1.67. The summed E-state index contributed by atoms with van der Waals surface area (Å²) >= 11 is 0. The molecule has 0 fully saturated rings. The molecule has 0 unspecified atom stereocenters. The second-order valence-corrected chi connectivity index (χ2v) is 5.77. The van der Waals surface area contributed by atoms with Gasteiger partial charge in [-0.25, -0.2) is 0 Å². The van der Waals surface area contributed by atoms with Gasteiger partial charge >= 0.3 is 0 Å². The topological polar surface area (TPSA) is 124 Å². The number of rotatable bonds is 12. The molecule has 0 aliphatic rings. The Balaban J connectivity index is 0. The van der Waals surface area contributed by atoms with Gasteiger partial charge in [-0.15, -0.1) is 0 Å². The van der Waals surface area contributed by atoms with Gasteiger partial charge < -0.3 is 16.0 Å². The molecule has 0 bridgehead atoms. The molecule has 0 saturated heterocycles. The van der Waals surface area contributed by atoms with Crippen molar-refractivity contribution in [1.82, 2.24) is 16.0 Å². The third-order valence-electron chi connectivity index (χ3n) is 3.30. The summed E-state index contributed by atoms with van der Waals surface area (Å²) < 4.78 is 0. The molecule has 3 amide bonds. The van der Waals surface area contributed by atoms with Gasteiger partial charge in [-0.1, -0.05) is 6.92 Å². The van der Waals surface area contributed by atoms with E-state index in [0.29, 0.717) is 12.6 Å². The minimum atomic E-state index is -0.0765. The monoisotopic (exact) mass is 382 g/mol. The lowest BCUT2D eigenvalue weighted by Gasteiger charge is -2.06. The molecular formula is C18H34N6O3. The van der Waals surface area contributed by atoms with Crippen molar-refractivity contribution in [3.8, 4) is 0 Å². The van der Waals surface area contributed by atoms with Crippen molar-refractivity contribution in [3.05, 3.63) is 0 Å². The van der Waals surface area contributed by atoms with Crippen molar-refractivity contribution < 1.29 is 14.4 Å². The molecule has 27 heavy (non-hydrogen) atoms. The minimum absolute atomic E-state index is 0.0679. The first-order chi connectivity index (χ1) is 12.9. The molecule has 0 atom stereocenters. The molecule has 0 saturated carbocycles. The van der Waals surface area contributed by atoms with E-state index in [4.69, 9.17) is 0 Å². The molecule has 9 heteroatoms. The first-order valence-electron chi connectivity index (χ1n) is 8.91. The largest absolute Gasteiger partial charge is 0.358 e. The van der Waals surface area contributed by atoms with Crippen LogP contribution in [0.3, 0.4) is 0 Å². The van der Waals surface area contributed by atoms with Crippen LogP contribution in [0.2, 0.25) is 0 Å². The Morgan fingerprint density at radius 3 is 1.70 bits per heavy atom. The lowest BCUT2D eigenvalue weighted by molar-refractivity contribution is -0.120. The summed E-state index contributed by atoms with van der Waals surface area (Å²) in [5.41, 5.74) is 0. The summed E-state index contributed by atoms with van der Waals surface area (Å²) in [7, 11) is 3.21. The van der Waals surface area contributed by atoms with Crippen LogP contribution < -0.4 is 16.0 Å². The maximum absolute atomic E-state index is 10.9. The number of likely N-dealkylation sites (N-methyl/N-ethyl adjacent to an activating group) is 2. The van der Waals surface area contributed by atoms with E-state index in [0.717, 1.165) is 25.7 Å². The predicted octanol–water partition coefficient (Wildman–Crippen LogP) is 0.597. The van der Waals surface area contributed by atoms with Crippen molar-refractivity contribution in [3.63, 3.8) is 0 Å². The molecule has 0 heterocycles. The fourth-order valence-corrected chi connectivity index (χ4v) is 1.67. The highest BCUT2D eigenvalue weighted by Crippen LogP contribution is 2.10. The Hall–Kier alpha value is -2.58. The molecule has 0 aromatic rings. The number of aliphatic imine (C=N–C) groups is 3. The predicted molar refractivity (Wildman–Crippen MR) is 111 cm³/mol. The fraction of sp³-hybridized carbons (Fsp3) is 0.667. The summed E-state index contributed by atoms with van der Waals surface area (Å²) in [6.45, 7) is 7.51. The van der Waals surface area contributed by atoms with Crippen molar-refractivity contribution in [2.45, 2.75) is 39.5 Å². The standard InChI is InChI=1S/C14H26N4O2.C4H8N2O/c1-12(6-4-8-17-10-13(19)15-2)7-5-9-18-11-14(20)16-3;1-4(7)6-3-5-2/h8-9,12H,4-7,10-11H2,1-3H3,(H,15,19)(H,16,20);2-3H2,1H3,(H,6,7). The Morgan fingerprint density at radius 1 is 0.963 bits per heavy atom. The van der Waals surface area contributed by atoms with Crippen LogP contribution in [0.25, 0.3) is 0 Å². The van der Waals surface area contributed by atoms with Crippen molar-refractivity contribution in [2.75, 3.05) is 33.9 Å². The van der Waals surface area contributed by atoms with E-state index in [9.17, 15) is 14.4 Å². The molecule has 0 aromatic heterocycles. The summed E-state index contributed by atoms with van der Waals surface area (Å²) in [6, 6.07) is 0.